The second-order valence-electron chi connectivity index (χ2n) is 8.25. The topological polar surface area (TPSA) is 102 Å². The first kappa shape index (κ1) is 21.2. The van der Waals surface area contributed by atoms with Gasteiger partial charge in [-0.2, -0.15) is 0 Å². The Morgan fingerprint density at radius 1 is 1.13 bits per heavy atom. The molecule has 0 bridgehead atoms. The van der Waals surface area contributed by atoms with Crippen molar-refractivity contribution in [3.8, 4) is 11.5 Å². The third-order valence-corrected chi connectivity index (χ3v) is 4.84. The van der Waals surface area contributed by atoms with Crippen molar-refractivity contribution >= 4 is 11.6 Å². The summed E-state index contributed by atoms with van der Waals surface area (Å²) in [7, 11) is 1.58. The molecule has 156 valence electrons. The van der Waals surface area contributed by atoms with E-state index in [1.54, 1.807) is 26.1 Å². The summed E-state index contributed by atoms with van der Waals surface area (Å²) >= 11 is 0. The number of nitrogens with zero attached hydrogens (tertiary/aromatic N) is 4. The van der Waals surface area contributed by atoms with Gasteiger partial charge in [0.2, 0.25) is 11.8 Å². The fraction of sp³-hybridized carbons (Fsp3) is 0.318. The van der Waals surface area contributed by atoms with E-state index in [4.69, 9.17) is 4.42 Å². The predicted octanol–water partition coefficient (Wildman–Crippen LogP) is 4.52. The summed E-state index contributed by atoms with van der Waals surface area (Å²) in [5, 5.41) is 19.2. The van der Waals surface area contributed by atoms with E-state index in [9.17, 15) is 14.9 Å². The molecule has 3 rings (SSSR count). The smallest absolute Gasteiger partial charge is 0.273 e. The Balaban J connectivity index is 1.73. The highest BCUT2D eigenvalue weighted by Gasteiger charge is 2.20. The van der Waals surface area contributed by atoms with Crippen LogP contribution in [0.2, 0.25) is 0 Å². The van der Waals surface area contributed by atoms with Gasteiger partial charge in [-0.05, 0) is 36.1 Å². The number of carbonyl (C=O) groups is 1. The largest absolute Gasteiger partial charge is 0.419 e. The van der Waals surface area contributed by atoms with Crippen LogP contribution >= 0.6 is 0 Å². The van der Waals surface area contributed by atoms with Crippen molar-refractivity contribution < 1.29 is 14.1 Å². The molecule has 0 spiro atoms. The fourth-order valence-corrected chi connectivity index (χ4v) is 2.98. The SMILES string of the molecule is Cc1ccc(C(=O)N(C)Cc2nnc(-c3ccc(C(C)(C)C)cc3)o2)cc1[N+](=O)[O-]. The van der Waals surface area contributed by atoms with Crippen LogP contribution in [-0.4, -0.2) is 33.0 Å². The lowest BCUT2D eigenvalue weighted by atomic mass is 9.87. The minimum absolute atomic E-state index is 0.0483. The molecule has 0 aliphatic heterocycles. The van der Waals surface area contributed by atoms with Gasteiger partial charge in [0.15, 0.2) is 0 Å². The lowest BCUT2D eigenvalue weighted by Crippen LogP contribution is -2.26. The van der Waals surface area contributed by atoms with Gasteiger partial charge in [-0.3, -0.25) is 14.9 Å². The van der Waals surface area contributed by atoms with E-state index in [1.165, 1.54) is 16.5 Å². The molecule has 0 fully saturated rings. The van der Waals surface area contributed by atoms with Crippen LogP contribution in [-0.2, 0) is 12.0 Å². The van der Waals surface area contributed by atoms with E-state index < -0.39 is 4.92 Å². The summed E-state index contributed by atoms with van der Waals surface area (Å²) in [4.78, 5) is 24.7. The molecule has 0 saturated carbocycles. The Labute approximate surface area is 174 Å². The summed E-state index contributed by atoms with van der Waals surface area (Å²) in [5.74, 6) is 0.284. The van der Waals surface area contributed by atoms with Crippen molar-refractivity contribution in [1.29, 1.82) is 0 Å². The van der Waals surface area contributed by atoms with Crippen LogP contribution in [0, 0.1) is 17.0 Å². The number of benzene rings is 2. The first-order valence-electron chi connectivity index (χ1n) is 9.50. The first-order valence-corrected chi connectivity index (χ1v) is 9.50. The molecule has 8 heteroatoms. The summed E-state index contributed by atoms with van der Waals surface area (Å²) in [6, 6.07) is 12.3. The maximum atomic E-state index is 12.7. The van der Waals surface area contributed by atoms with Gasteiger partial charge in [0.1, 0.15) is 0 Å². The molecule has 3 aromatic rings. The molecule has 30 heavy (non-hydrogen) atoms. The van der Waals surface area contributed by atoms with Crippen molar-refractivity contribution in [3.05, 3.63) is 75.2 Å². The van der Waals surface area contributed by atoms with Crippen molar-refractivity contribution in [1.82, 2.24) is 15.1 Å². The third kappa shape index (κ3) is 4.53. The highest BCUT2D eigenvalue weighted by atomic mass is 16.6. The summed E-state index contributed by atoms with van der Waals surface area (Å²) in [5.41, 5.74) is 2.68. The van der Waals surface area contributed by atoms with Gasteiger partial charge in [0.25, 0.3) is 11.6 Å². The molecule has 0 radical (unpaired) electrons. The third-order valence-electron chi connectivity index (χ3n) is 4.84. The number of rotatable bonds is 5. The highest BCUT2D eigenvalue weighted by molar-refractivity contribution is 5.94. The van der Waals surface area contributed by atoms with Crippen molar-refractivity contribution in [2.45, 2.75) is 39.7 Å². The van der Waals surface area contributed by atoms with Gasteiger partial charge >= 0.3 is 0 Å². The zero-order chi connectivity index (χ0) is 22.1. The van der Waals surface area contributed by atoms with Crippen molar-refractivity contribution in [3.63, 3.8) is 0 Å². The van der Waals surface area contributed by atoms with E-state index in [0.29, 0.717) is 11.5 Å². The molecule has 1 heterocycles. The van der Waals surface area contributed by atoms with E-state index in [0.717, 1.165) is 5.56 Å². The molecule has 0 aliphatic carbocycles. The van der Waals surface area contributed by atoms with E-state index in [1.807, 2.05) is 24.3 Å². The van der Waals surface area contributed by atoms with Crippen LogP contribution in [0.4, 0.5) is 5.69 Å². The van der Waals surface area contributed by atoms with Crippen LogP contribution in [0.1, 0.15) is 48.1 Å². The van der Waals surface area contributed by atoms with Crippen LogP contribution in [0.5, 0.6) is 0 Å². The Bertz CT molecular complexity index is 1080. The molecule has 0 unspecified atom stereocenters. The van der Waals surface area contributed by atoms with E-state index >= 15 is 0 Å². The average Bonchev–Trinajstić information content (AvgIpc) is 3.15. The number of carbonyl (C=O) groups excluding carboxylic acids is 1. The number of hydrogen-bond acceptors (Lipinski definition) is 6. The minimum atomic E-state index is -0.499. The second-order valence-corrected chi connectivity index (χ2v) is 8.25. The maximum absolute atomic E-state index is 12.7. The number of amides is 1. The van der Waals surface area contributed by atoms with Crippen molar-refractivity contribution in [2.75, 3.05) is 7.05 Å². The fourth-order valence-electron chi connectivity index (χ4n) is 2.98. The molecule has 1 amide bonds. The number of nitro benzene ring substituents is 1. The Kier molecular flexibility index (Phi) is 5.69. The van der Waals surface area contributed by atoms with Crippen LogP contribution in [0.3, 0.4) is 0 Å². The summed E-state index contributed by atoms with van der Waals surface area (Å²) < 4.78 is 5.71. The van der Waals surface area contributed by atoms with E-state index in [2.05, 4.69) is 31.0 Å². The van der Waals surface area contributed by atoms with Gasteiger partial charge in [0, 0.05) is 29.8 Å². The second kappa shape index (κ2) is 8.06. The number of nitro groups is 1. The zero-order valence-corrected chi connectivity index (χ0v) is 17.7. The lowest BCUT2D eigenvalue weighted by Gasteiger charge is -2.18. The van der Waals surface area contributed by atoms with Gasteiger partial charge in [0.05, 0.1) is 11.5 Å². The average molecular weight is 408 g/mol. The quantitative estimate of drug-likeness (QED) is 0.454. The van der Waals surface area contributed by atoms with Crippen LogP contribution < -0.4 is 0 Å². The molecule has 8 nitrogen and oxygen atoms in total. The molecular formula is C22H24N4O4. The lowest BCUT2D eigenvalue weighted by molar-refractivity contribution is -0.385. The normalized spacial score (nSPS) is 11.4. The van der Waals surface area contributed by atoms with Gasteiger partial charge < -0.3 is 9.32 Å². The summed E-state index contributed by atoms with van der Waals surface area (Å²) in [6.45, 7) is 8.14. The molecule has 2 aromatic carbocycles. The maximum Gasteiger partial charge on any atom is 0.273 e. The Hall–Kier alpha value is -3.55. The highest BCUT2D eigenvalue weighted by Crippen LogP contribution is 2.26. The van der Waals surface area contributed by atoms with Gasteiger partial charge in [-0.1, -0.05) is 39.0 Å². The number of aromatic nitrogens is 2. The standard InChI is InChI=1S/C22H24N4O4/c1-14-6-7-16(12-18(14)26(28)29)21(27)25(5)13-19-23-24-20(30-19)15-8-10-17(11-9-15)22(2,3)4/h6-12H,13H2,1-5H3. The summed E-state index contributed by atoms with van der Waals surface area (Å²) in [6.07, 6.45) is 0. The molecule has 0 aliphatic rings. The zero-order valence-electron chi connectivity index (χ0n) is 17.7. The molecular weight excluding hydrogens is 384 g/mol. The molecule has 1 aromatic heterocycles. The minimum Gasteiger partial charge on any atom is -0.419 e. The Morgan fingerprint density at radius 3 is 2.40 bits per heavy atom. The Morgan fingerprint density at radius 2 is 1.80 bits per heavy atom. The molecule has 0 saturated heterocycles. The monoisotopic (exact) mass is 408 g/mol. The number of aryl methyl sites for hydroxylation is 1. The van der Waals surface area contributed by atoms with Gasteiger partial charge in [-0.25, -0.2) is 0 Å². The van der Waals surface area contributed by atoms with Crippen LogP contribution in [0.15, 0.2) is 46.9 Å². The van der Waals surface area contributed by atoms with Gasteiger partial charge in [-0.15, -0.1) is 10.2 Å². The first-order chi connectivity index (χ1) is 14.1. The molecule has 0 atom stereocenters. The van der Waals surface area contributed by atoms with E-state index in [-0.39, 0.29) is 35.0 Å². The predicted molar refractivity (Wildman–Crippen MR) is 112 cm³/mol. The molecule has 0 N–H and O–H groups in total. The van der Waals surface area contributed by atoms with Crippen LogP contribution in [0.25, 0.3) is 11.5 Å². The van der Waals surface area contributed by atoms with Crippen molar-refractivity contribution in [2.24, 2.45) is 0 Å². The number of hydrogen-bond donors (Lipinski definition) is 0.